The molecule has 0 saturated heterocycles. The molecule has 1 nitrogen and oxygen atoms in total. The van der Waals surface area contributed by atoms with Gasteiger partial charge in [-0.3, -0.25) is 0 Å². The number of allylic oxidation sites excluding steroid dienone is 4. The Morgan fingerprint density at radius 1 is 0.484 bits per heavy atom. The van der Waals surface area contributed by atoms with E-state index < -0.39 is 5.41 Å². The zero-order chi connectivity index (χ0) is 42.3. The molecule has 9 aromatic carbocycles. The van der Waals surface area contributed by atoms with Crippen LogP contribution < -0.4 is 4.90 Å². The lowest BCUT2D eigenvalue weighted by Crippen LogP contribution is -2.26. The van der Waals surface area contributed by atoms with Crippen LogP contribution in [0.5, 0.6) is 0 Å². The van der Waals surface area contributed by atoms with E-state index in [0.29, 0.717) is 0 Å². The molecule has 0 radical (unpaired) electrons. The summed E-state index contributed by atoms with van der Waals surface area (Å²) in [6.07, 6.45) is 4.48. The Kier molecular flexibility index (Phi) is 7.36. The first-order valence-electron chi connectivity index (χ1n) is 22.5. The summed E-state index contributed by atoms with van der Waals surface area (Å²) in [4.78, 5) is 2.59. The fraction of sp³-hybridized carbons (Fsp3) is 0.0968. The lowest BCUT2D eigenvalue weighted by Gasteiger charge is -2.34. The first-order chi connectivity index (χ1) is 31.5. The first kappa shape index (κ1) is 36.1. The molecule has 1 unspecified atom stereocenters. The fourth-order valence-electron chi connectivity index (χ4n) is 12.4. The maximum atomic E-state index is 3.40. The Morgan fingerprint density at radius 3 is 2.03 bits per heavy atom. The average molecular weight is 832 g/mol. The second-order valence-corrected chi connectivity index (χ2v) is 19.6. The molecule has 0 N–H and O–H groups in total. The van der Waals surface area contributed by atoms with Crippen molar-refractivity contribution < 1.29 is 0 Å². The number of hydrogen-bond donors (Lipinski definition) is 0. The van der Waals surface area contributed by atoms with Gasteiger partial charge in [-0.1, -0.05) is 159 Å². The van der Waals surface area contributed by atoms with Crippen molar-refractivity contribution in [3.8, 4) is 33.4 Å². The van der Waals surface area contributed by atoms with Gasteiger partial charge in [0.15, 0.2) is 0 Å². The van der Waals surface area contributed by atoms with E-state index in [2.05, 4.69) is 219 Å². The normalized spacial score (nSPS) is 15.7. The predicted molar refractivity (Wildman–Crippen MR) is 269 cm³/mol. The number of anilines is 2. The van der Waals surface area contributed by atoms with Gasteiger partial charge in [-0.25, -0.2) is 0 Å². The minimum absolute atomic E-state index is 0.100. The zero-order valence-corrected chi connectivity index (χ0v) is 36.5. The van der Waals surface area contributed by atoms with Crippen molar-refractivity contribution >= 4 is 59.2 Å². The fourth-order valence-corrected chi connectivity index (χ4v) is 13.5. The molecule has 4 aliphatic carbocycles. The van der Waals surface area contributed by atoms with Crippen LogP contribution in [0.3, 0.4) is 0 Å². The van der Waals surface area contributed by atoms with Crippen LogP contribution >= 0.6 is 11.3 Å². The number of fused-ring (bicyclic) bond motifs is 17. The van der Waals surface area contributed by atoms with E-state index in [1.165, 1.54) is 126 Å². The predicted octanol–water partition coefficient (Wildman–Crippen LogP) is 16.4. The van der Waals surface area contributed by atoms with Gasteiger partial charge in [0.25, 0.3) is 0 Å². The van der Waals surface area contributed by atoms with E-state index in [-0.39, 0.29) is 5.41 Å². The maximum Gasteiger partial charge on any atom is 0.0732 e. The number of thiophene rings is 1. The minimum Gasteiger partial charge on any atom is -0.314 e. The Morgan fingerprint density at radius 2 is 1.17 bits per heavy atom. The number of rotatable bonds is 4. The summed E-state index contributed by atoms with van der Waals surface area (Å²) in [6, 6.07) is 75.2. The van der Waals surface area contributed by atoms with Crippen LogP contribution in [0.15, 0.2) is 199 Å². The van der Waals surface area contributed by atoms with Crippen molar-refractivity contribution in [1.82, 2.24) is 0 Å². The van der Waals surface area contributed by atoms with Crippen molar-refractivity contribution in [2.45, 2.75) is 37.5 Å². The van der Waals surface area contributed by atoms with Gasteiger partial charge in [0.1, 0.15) is 0 Å². The van der Waals surface area contributed by atoms with E-state index in [0.717, 1.165) is 12.8 Å². The molecule has 0 aliphatic heterocycles. The van der Waals surface area contributed by atoms with Gasteiger partial charge in [-0.15, -0.1) is 11.3 Å². The van der Waals surface area contributed by atoms with E-state index in [4.69, 9.17) is 0 Å². The quantitative estimate of drug-likeness (QED) is 0.171. The van der Waals surface area contributed by atoms with Gasteiger partial charge in [0, 0.05) is 42.7 Å². The molecule has 0 saturated carbocycles. The summed E-state index contributed by atoms with van der Waals surface area (Å²) < 4.78 is 2.66. The number of nitrogens with zero attached hydrogens (tertiary/aromatic N) is 1. The van der Waals surface area contributed by atoms with Crippen LogP contribution in [-0.4, -0.2) is 0 Å². The van der Waals surface area contributed by atoms with Crippen molar-refractivity contribution in [3.63, 3.8) is 0 Å². The lowest BCUT2D eigenvalue weighted by molar-refractivity contribution is 0.648. The Bertz CT molecular complexity index is 3660. The zero-order valence-electron chi connectivity index (χ0n) is 35.7. The summed E-state index contributed by atoms with van der Waals surface area (Å²) >= 11 is 1.89. The van der Waals surface area contributed by atoms with E-state index in [9.17, 15) is 0 Å². The molecule has 0 fully saturated rings. The Hall–Kier alpha value is -7.44. The number of hydrogen-bond acceptors (Lipinski definition) is 2. The third kappa shape index (κ3) is 4.70. The summed E-state index contributed by atoms with van der Waals surface area (Å²) in [5.74, 6) is 0. The summed E-state index contributed by atoms with van der Waals surface area (Å²) in [5.41, 5.74) is 21.7. The highest BCUT2D eigenvalue weighted by Gasteiger charge is 2.52. The molecular formula is C62H41NS. The largest absolute Gasteiger partial charge is 0.314 e. The molecule has 1 aromatic heterocycles. The van der Waals surface area contributed by atoms with Crippen molar-refractivity contribution in [2.24, 2.45) is 0 Å². The van der Waals surface area contributed by atoms with Gasteiger partial charge < -0.3 is 4.90 Å². The molecule has 2 heteroatoms. The smallest absolute Gasteiger partial charge is 0.0732 e. The average Bonchev–Trinajstić information content (AvgIpc) is 4.04. The van der Waals surface area contributed by atoms with Gasteiger partial charge >= 0.3 is 0 Å². The molecule has 1 heterocycles. The third-order valence-electron chi connectivity index (χ3n) is 15.1. The first-order valence-corrected chi connectivity index (χ1v) is 23.4. The van der Waals surface area contributed by atoms with E-state index in [1.807, 2.05) is 11.3 Å². The Labute approximate surface area is 377 Å². The lowest BCUT2D eigenvalue weighted by atomic mass is 9.70. The van der Waals surface area contributed by atoms with Crippen LogP contribution in [-0.2, 0) is 10.8 Å². The molecule has 300 valence electrons. The van der Waals surface area contributed by atoms with Crippen LogP contribution in [0.1, 0.15) is 60.1 Å². The molecule has 0 bridgehead atoms. The Balaban J connectivity index is 1.02. The summed E-state index contributed by atoms with van der Waals surface area (Å²) in [7, 11) is 0. The second kappa shape index (κ2) is 13.1. The maximum absolute atomic E-state index is 3.40. The highest BCUT2D eigenvalue weighted by atomic mass is 32.1. The highest BCUT2D eigenvalue weighted by Crippen LogP contribution is 2.63. The third-order valence-corrected chi connectivity index (χ3v) is 16.2. The van der Waals surface area contributed by atoms with E-state index >= 15 is 0 Å². The highest BCUT2D eigenvalue weighted by molar-refractivity contribution is 7.26. The van der Waals surface area contributed by atoms with Crippen LogP contribution in [0, 0.1) is 12.1 Å². The topological polar surface area (TPSA) is 3.24 Å². The standard InChI is InChI=1S/C62H41NS/c1-61(2)51-24-8-3-18-44(51)48-32-30-41(36-55(48)61)63(40-17-13-16-39(35-40)43-23-14-15-38-29-34-58-60(59(38)43)50-22-7-12-28-57(50)64-58)42-31-33-49-47-21-6-11-27-54(47)62(56(49)37-42)52-25-9-4-19-45(52)46-20-5-10-26-53(46)62/h3-4,6-9,11-29,31,33-37H,30,32H2,1-2H3. The van der Waals surface area contributed by atoms with Gasteiger partial charge in [-0.05, 0) is 156 Å². The van der Waals surface area contributed by atoms with Crippen LogP contribution in [0.4, 0.5) is 11.4 Å². The monoisotopic (exact) mass is 831 g/mol. The van der Waals surface area contributed by atoms with Crippen molar-refractivity contribution in [2.75, 3.05) is 4.90 Å². The molecule has 10 aromatic rings. The molecule has 64 heavy (non-hydrogen) atoms. The molecule has 14 rings (SSSR count). The van der Waals surface area contributed by atoms with Gasteiger partial charge in [0.05, 0.1) is 5.41 Å². The second-order valence-electron chi connectivity index (χ2n) is 18.5. The van der Waals surface area contributed by atoms with E-state index in [1.54, 1.807) is 0 Å². The molecule has 1 atom stereocenters. The van der Waals surface area contributed by atoms with Crippen molar-refractivity contribution in [3.05, 3.63) is 245 Å². The van der Waals surface area contributed by atoms with Crippen molar-refractivity contribution in [1.29, 1.82) is 0 Å². The van der Waals surface area contributed by atoms with Gasteiger partial charge in [0.2, 0.25) is 0 Å². The summed E-state index contributed by atoms with van der Waals surface area (Å²) in [6.45, 7) is 4.82. The molecule has 4 aliphatic rings. The minimum atomic E-state index is -0.476. The number of benzene rings is 8. The SMILES string of the molecule is CC1(C)C2=C(CCC(N(c3cccc(-c4cccc5ccc6sc7ccccc7c6c45)c3)c3ccc4c(c3)C3(c5cc#ccc5-c5ccccc53)c3ccccc3-4)=C2)c2ccccc21. The van der Waals surface area contributed by atoms with Crippen LogP contribution in [0.25, 0.3) is 69.9 Å². The van der Waals surface area contributed by atoms with Crippen LogP contribution in [0.2, 0.25) is 0 Å². The summed E-state index contributed by atoms with van der Waals surface area (Å²) in [5, 5.41) is 5.27. The van der Waals surface area contributed by atoms with Gasteiger partial charge in [-0.2, -0.15) is 0 Å². The molecule has 1 spiro atoms. The molecular weight excluding hydrogens is 791 g/mol. The molecule has 0 amide bonds.